The zero-order valence-electron chi connectivity index (χ0n) is 9.79. The van der Waals surface area contributed by atoms with E-state index in [0.29, 0.717) is 11.4 Å². The number of nitrogen functional groups attached to an aromatic ring is 1. The largest absolute Gasteiger partial charge is 0.468 e. The predicted octanol–water partition coefficient (Wildman–Crippen LogP) is 2.67. The molecule has 1 aromatic heterocycles. The van der Waals surface area contributed by atoms with Crippen LogP contribution in [0.15, 0.2) is 45.9 Å². The van der Waals surface area contributed by atoms with Gasteiger partial charge in [0.15, 0.2) is 0 Å². The first-order valence-corrected chi connectivity index (χ1v) is 6.42. The van der Waals surface area contributed by atoms with E-state index < -0.39 is 0 Å². The molecule has 1 aromatic carbocycles. The maximum Gasteiger partial charge on any atom is 0.248 e. The van der Waals surface area contributed by atoms with Crippen LogP contribution < -0.4 is 10.6 Å². The number of anilines is 2. The molecular formula is C13H12N2O2S. The lowest BCUT2D eigenvalue weighted by Crippen LogP contribution is -2.33. The first-order valence-electron chi connectivity index (χ1n) is 5.54. The van der Waals surface area contributed by atoms with E-state index in [9.17, 15) is 4.79 Å². The summed E-state index contributed by atoms with van der Waals surface area (Å²) in [5, 5.41) is -0.318. The predicted molar refractivity (Wildman–Crippen MR) is 71.6 cm³/mol. The molecule has 2 heterocycles. The number of carbonyl (C=O) groups is 1. The molecule has 0 spiro atoms. The Morgan fingerprint density at radius 2 is 2.22 bits per heavy atom. The number of carbonyl (C=O) groups excluding carboxylic acids is 1. The van der Waals surface area contributed by atoms with Crippen molar-refractivity contribution in [2.75, 3.05) is 17.7 Å². The molecule has 1 unspecified atom stereocenters. The van der Waals surface area contributed by atoms with Gasteiger partial charge in [0.2, 0.25) is 5.91 Å². The molecule has 18 heavy (non-hydrogen) atoms. The topological polar surface area (TPSA) is 59.5 Å². The molecule has 2 N–H and O–H groups in total. The number of thioether (sulfide) groups is 1. The van der Waals surface area contributed by atoms with Gasteiger partial charge in [0, 0.05) is 17.6 Å². The summed E-state index contributed by atoms with van der Waals surface area (Å²) >= 11 is 1.49. The number of benzene rings is 1. The second-order valence-electron chi connectivity index (χ2n) is 4.14. The van der Waals surface area contributed by atoms with E-state index >= 15 is 0 Å². The second-order valence-corrected chi connectivity index (χ2v) is 5.28. The number of nitrogens with two attached hydrogens (primary N) is 1. The van der Waals surface area contributed by atoms with E-state index in [1.165, 1.54) is 11.8 Å². The minimum absolute atomic E-state index is 0.00745. The lowest BCUT2D eigenvalue weighted by molar-refractivity contribution is -0.118. The van der Waals surface area contributed by atoms with Gasteiger partial charge in [-0.2, -0.15) is 0 Å². The van der Waals surface area contributed by atoms with Crippen LogP contribution >= 0.6 is 11.8 Å². The number of hydrogen-bond donors (Lipinski definition) is 1. The van der Waals surface area contributed by atoms with Crippen LogP contribution in [0.5, 0.6) is 0 Å². The first-order chi connectivity index (χ1) is 8.66. The summed E-state index contributed by atoms with van der Waals surface area (Å²) in [5.74, 6) is 0.687. The fourth-order valence-corrected chi connectivity index (χ4v) is 3.21. The fraction of sp³-hybridized carbons (Fsp3) is 0.154. The van der Waals surface area contributed by atoms with Gasteiger partial charge in [-0.3, -0.25) is 4.79 Å². The van der Waals surface area contributed by atoms with Crippen LogP contribution in [-0.4, -0.2) is 13.0 Å². The van der Waals surface area contributed by atoms with Crippen molar-refractivity contribution in [1.29, 1.82) is 0 Å². The van der Waals surface area contributed by atoms with Crippen molar-refractivity contribution in [1.82, 2.24) is 0 Å². The summed E-state index contributed by atoms with van der Waals surface area (Å²) in [4.78, 5) is 15.0. The Kier molecular flexibility index (Phi) is 2.56. The highest BCUT2D eigenvalue weighted by molar-refractivity contribution is 8.00. The molecule has 1 aliphatic rings. The zero-order chi connectivity index (χ0) is 12.7. The normalized spacial score (nSPS) is 18.8. The minimum Gasteiger partial charge on any atom is -0.468 e. The smallest absolute Gasteiger partial charge is 0.248 e. The summed E-state index contributed by atoms with van der Waals surface area (Å²) in [7, 11) is 1.76. The van der Waals surface area contributed by atoms with Gasteiger partial charge in [-0.05, 0) is 30.3 Å². The molecule has 0 bridgehead atoms. The van der Waals surface area contributed by atoms with Gasteiger partial charge in [-0.25, -0.2) is 0 Å². The number of hydrogen-bond acceptors (Lipinski definition) is 4. The van der Waals surface area contributed by atoms with Crippen LogP contribution in [0.25, 0.3) is 0 Å². The van der Waals surface area contributed by atoms with Crippen molar-refractivity contribution in [2.45, 2.75) is 10.1 Å². The van der Waals surface area contributed by atoms with E-state index in [1.54, 1.807) is 24.3 Å². The number of furan rings is 1. The molecule has 0 saturated heterocycles. The Labute approximate surface area is 109 Å². The quantitative estimate of drug-likeness (QED) is 0.801. The average Bonchev–Trinajstić information content (AvgIpc) is 2.88. The fourth-order valence-electron chi connectivity index (χ4n) is 1.99. The van der Waals surface area contributed by atoms with E-state index in [0.717, 1.165) is 10.6 Å². The molecule has 0 saturated carbocycles. The lowest BCUT2D eigenvalue weighted by Gasteiger charge is -2.30. The number of rotatable bonds is 1. The van der Waals surface area contributed by atoms with Crippen LogP contribution in [0.1, 0.15) is 11.0 Å². The van der Waals surface area contributed by atoms with Gasteiger partial charge >= 0.3 is 0 Å². The summed E-state index contributed by atoms with van der Waals surface area (Å²) < 4.78 is 5.34. The Hall–Kier alpha value is -1.88. The maximum atomic E-state index is 12.3. The van der Waals surface area contributed by atoms with Crippen molar-refractivity contribution in [3.63, 3.8) is 0 Å². The molecule has 3 rings (SSSR count). The van der Waals surface area contributed by atoms with Crippen LogP contribution in [0.2, 0.25) is 0 Å². The number of amides is 1. The minimum atomic E-state index is -0.318. The molecule has 5 heteroatoms. The molecule has 0 aliphatic carbocycles. The van der Waals surface area contributed by atoms with Crippen LogP contribution in [0, 0.1) is 0 Å². The Morgan fingerprint density at radius 1 is 1.39 bits per heavy atom. The molecule has 0 fully saturated rings. The third-order valence-corrected chi connectivity index (χ3v) is 4.21. The van der Waals surface area contributed by atoms with Crippen molar-refractivity contribution in [2.24, 2.45) is 0 Å². The Balaban J connectivity index is 2.05. The third kappa shape index (κ3) is 1.67. The number of nitrogens with zero attached hydrogens (tertiary/aromatic N) is 1. The molecule has 1 atom stereocenters. The maximum absolute atomic E-state index is 12.3. The standard InChI is InChI=1S/C13H12N2O2S/c1-15-9-7-8(14)4-5-11(9)18-12(13(15)16)10-3-2-6-17-10/h2-7,12H,14H2,1H3. The van der Waals surface area contributed by atoms with Crippen molar-refractivity contribution >= 4 is 29.0 Å². The van der Waals surface area contributed by atoms with E-state index in [1.807, 2.05) is 24.3 Å². The molecular weight excluding hydrogens is 248 g/mol. The number of fused-ring (bicyclic) bond motifs is 1. The van der Waals surface area contributed by atoms with Crippen LogP contribution in [-0.2, 0) is 4.79 Å². The molecule has 92 valence electrons. The van der Waals surface area contributed by atoms with Crippen LogP contribution in [0.3, 0.4) is 0 Å². The highest BCUT2D eigenvalue weighted by Gasteiger charge is 2.34. The molecule has 2 aromatic rings. The molecule has 0 radical (unpaired) electrons. The summed E-state index contributed by atoms with van der Waals surface area (Å²) in [6.45, 7) is 0. The van der Waals surface area contributed by atoms with Gasteiger partial charge in [-0.1, -0.05) is 0 Å². The first kappa shape index (κ1) is 11.2. The average molecular weight is 260 g/mol. The van der Waals surface area contributed by atoms with Gasteiger partial charge in [-0.15, -0.1) is 11.8 Å². The van der Waals surface area contributed by atoms with Crippen molar-refractivity contribution in [3.8, 4) is 0 Å². The monoisotopic (exact) mass is 260 g/mol. The van der Waals surface area contributed by atoms with E-state index in [2.05, 4.69) is 0 Å². The van der Waals surface area contributed by atoms with Gasteiger partial charge < -0.3 is 15.1 Å². The highest BCUT2D eigenvalue weighted by Crippen LogP contribution is 2.46. The SMILES string of the molecule is CN1C(=O)C(c2ccco2)Sc2ccc(N)cc21. The molecule has 1 aliphatic heterocycles. The second kappa shape index (κ2) is 4.10. The van der Waals surface area contributed by atoms with Gasteiger partial charge in [0.05, 0.1) is 12.0 Å². The Morgan fingerprint density at radius 3 is 2.94 bits per heavy atom. The lowest BCUT2D eigenvalue weighted by atomic mass is 10.2. The summed E-state index contributed by atoms with van der Waals surface area (Å²) in [5.41, 5.74) is 7.27. The van der Waals surface area contributed by atoms with E-state index in [4.69, 9.17) is 10.2 Å². The van der Waals surface area contributed by atoms with Crippen molar-refractivity contribution < 1.29 is 9.21 Å². The third-order valence-electron chi connectivity index (χ3n) is 2.95. The summed E-state index contributed by atoms with van der Waals surface area (Å²) in [6.07, 6.45) is 1.58. The molecule has 4 nitrogen and oxygen atoms in total. The Bertz CT molecular complexity index is 595. The van der Waals surface area contributed by atoms with Gasteiger partial charge in [0.25, 0.3) is 0 Å². The highest BCUT2D eigenvalue weighted by atomic mass is 32.2. The molecule has 1 amide bonds. The van der Waals surface area contributed by atoms with E-state index in [-0.39, 0.29) is 11.2 Å². The van der Waals surface area contributed by atoms with Gasteiger partial charge in [0.1, 0.15) is 11.0 Å². The van der Waals surface area contributed by atoms with Crippen molar-refractivity contribution in [3.05, 3.63) is 42.4 Å². The number of likely N-dealkylation sites (N-methyl/N-ethyl adjacent to an activating group) is 1. The summed E-state index contributed by atoms with van der Waals surface area (Å²) in [6, 6.07) is 9.22. The van der Waals surface area contributed by atoms with Crippen LogP contribution in [0.4, 0.5) is 11.4 Å². The zero-order valence-corrected chi connectivity index (χ0v) is 10.6.